The van der Waals surface area contributed by atoms with E-state index in [1.807, 2.05) is 18.2 Å². The molecule has 2 aromatic rings. The molecular weight excluding hydrogens is 278 g/mol. The first-order valence-corrected chi connectivity index (χ1v) is 6.79. The van der Waals surface area contributed by atoms with Crippen molar-refractivity contribution in [1.82, 2.24) is 9.97 Å². The highest BCUT2D eigenvalue weighted by molar-refractivity contribution is 7.13. The zero-order valence-corrected chi connectivity index (χ0v) is 11.6. The van der Waals surface area contributed by atoms with Crippen LogP contribution in [0.1, 0.15) is 12.6 Å². The minimum absolute atomic E-state index is 0.000946. The van der Waals surface area contributed by atoms with Gasteiger partial charge in [-0.3, -0.25) is 14.6 Å². The number of esters is 1. The van der Waals surface area contributed by atoms with E-state index >= 15 is 0 Å². The largest absolute Gasteiger partial charge is 0.452 e. The van der Waals surface area contributed by atoms with Crippen LogP contribution in [0.4, 0.5) is 0 Å². The van der Waals surface area contributed by atoms with Gasteiger partial charge >= 0.3 is 5.97 Å². The number of hydrogen-bond donors (Lipinski definition) is 1. The maximum absolute atomic E-state index is 11.6. The van der Waals surface area contributed by atoms with Crippen LogP contribution in [0.3, 0.4) is 0 Å². The SMILES string of the molecule is CC(OC(=O)Cc1csc(-c2ccccn2)n1)C(N)=O. The molecule has 0 bridgehead atoms. The summed E-state index contributed by atoms with van der Waals surface area (Å²) in [6, 6.07) is 5.53. The maximum atomic E-state index is 11.6. The van der Waals surface area contributed by atoms with E-state index in [-0.39, 0.29) is 6.42 Å². The average molecular weight is 291 g/mol. The van der Waals surface area contributed by atoms with Crippen molar-refractivity contribution in [2.24, 2.45) is 5.73 Å². The van der Waals surface area contributed by atoms with Gasteiger partial charge in [0, 0.05) is 11.6 Å². The number of primary amides is 1. The Bertz CT molecular complexity index is 612. The quantitative estimate of drug-likeness (QED) is 0.834. The number of nitrogens with two attached hydrogens (primary N) is 1. The molecule has 0 aliphatic heterocycles. The van der Waals surface area contributed by atoms with Gasteiger partial charge < -0.3 is 10.5 Å². The summed E-state index contributed by atoms with van der Waals surface area (Å²) in [6.07, 6.45) is 0.747. The number of rotatable bonds is 5. The lowest BCUT2D eigenvalue weighted by atomic mass is 10.3. The van der Waals surface area contributed by atoms with Gasteiger partial charge in [0.05, 0.1) is 17.8 Å². The highest BCUT2D eigenvalue weighted by Gasteiger charge is 2.16. The molecule has 0 spiro atoms. The third-order valence-corrected chi connectivity index (χ3v) is 3.38. The van der Waals surface area contributed by atoms with E-state index in [2.05, 4.69) is 9.97 Å². The summed E-state index contributed by atoms with van der Waals surface area (Å²) in [7, 11) is 0. The number of aromatic nitrogens is 2. The van der Waals surface area contributed by atoms with E-state index in [4.69, 9.17) is 10.5 Å². The van der Waals surface area contributed by atoms with Crippen molar-refractivity contribution in [3.8, 4) is 10.7 Å². The van der Waals surface area contributed by atoms with Gasteiger partial charge in [-0.05, 0) is 19.1 Å². The Hall–Kier alpha value is -2.28. The molecule has 2 aromatic heterocycles. The third kappa shape index (κ3) is 3.61. The Balaban J connectivity index is 2.00. The van der Waals surface area contributed by atoms with Crippen molar-refractivity contribution >= 4 is 23.2 Å². The van der Waals surface area contributed by atoms with Crippen LogP contribution >= 0.6 is 11.3 Å². The number of ether oxygens (including phenoxy) is 1. The Morgan fingerprint density at radius 3 is 2.90 bits per heavy atom. The average Bonchev–Trinajstić information content (AvgIpc) is 2.88. The minimum Gasteiger partial charge on any atom is -0.452 e. The maximum Gasteiger partial charge on any atom is 0.312 e. The monoisotopic (exact) mass is 291 g/mol. The standard InChI is InChI=1S/C13H13N3O3S/c1-8(12(14)18)19-11(17)6-9-7-20-13(16-9)10-4-2-3-5-15-10/h2-5,7-8H,6H2,1H3,(H2,14,18). The summed E-state index contributed by atoms with van der Waals surface area (Å²) in [4.78, 5) is 30.9. The van der Waals surface area contributed by atoms with Crippen molar-refractivity contribution in [2.75, 3.05) is 0 Å². The summed E-state index contributed by atoms with van der Waals surface area (Å²) >= 11 is 1.40. The predicted octanol–water partition coefficient (Wildman–Crippen LogP) is 1.16. The van der Waals surface area contributed by atoms with E-state index in [0.29, 0.717) is 5.69 Å². The number of carbonyl (C=O) groups is 2. The zero-order valence-electron chi connectivity index (χ0n) is 10.8. The minimum atomic E-state index is -0.934. The molecule has 0 aromatic carbocycles. The number of nitrogens with zero attached hydrogens (tertiary/aromatic N) is 2. The number of carbonyl (C=O) groups excluding carboxylic acids is 2. The second-order valence-corrected chi connectivity index (χ2v) is 4.93. The van der Waals surface area contributed by atoms with Gasteiger partial charge in [-0.1, -0.05) is 6.07 Å². The molecule has 0 fully saturated rings. The molecule has 0 aliphatic rings. The molecule has 7 heteroatoms. The van der Waals surface area contributed by atoms with E-state index in [1.54, 1.807) is 11.6 Å². The Morgan fingerprint density at radius 2 is 2.25 bits per heavy atom. The second kappa shape index (κ2) is 6.25. The van der Waals surface area contributed by atoms with E-state index in [0.717, 1.165) is 10.7 Å². The van der Waals surface area contributed by atoms with E-state index in [9.17, 15) is 9.59 Å². The van der Waals surface area contributed by atoms with Crippen LogP contribution in [0.15, 0.2) is 29.8 Å². The predicted molar refractivity (Wildman–Crippen MR) is 73.8 cm³/mol. The molecule has 0 saturated heterocycles. The molecule has 20 heavy (non-hydrogen) atoms. The fraction of sp³-hybridized carbons (Fsp3) is 0.231. The highest BCUT2D eigenvalue weighted by atomic mass is 32.1. The second-order valence-electron chi connectivity index (χ2n) is 4.07. The number of hydrogen-bond acceptors (Lipinski definition) is 6. The molecule has 2 heterocycles. The van der Waals surface area contributed by atoms with Gasteiger partial charge in [0.2, 0.25) is 0 Å². The van der Waals surface area contributed by atoms with Crippen LogP contribution in [-0.4, -0.2) is 27.9 Å². The van der Waals surface area contributed by atoms with Crippen LogP contribution in [0.5, 0.6) is 0 Å². The number of thiazole rings is 1. The lowest BCUT2D eigenvalue weighted by molar-refractivity contribution is -0.153. The smallest absolute Gasteiger partial charge is 0.312 e. The molecule has 0 radical (unpaired) electrons. The number of pyridine rings is 1. The molecule has 1 amide bonds. The van der Waals surface area contributed by atoms with Crippen LogP contribution in [0.2, 0.25) is 0 Å². The fourth-order valence-electron chi connectivity index (χ4n) is 1.44. The van der Waals surface area contributed by atoms with Gasteiger partial charge in [0.15, 0.2) is 6.10 Å². The van der Waals surface area contributed by atoms with Crippen molar-refractivity contribution in [2.45, 2.75) is 19.4 Å². The summed E-state index contributed by atoms with van der Waals surface area (Å²) in [5.74, 6) is -1.21. The van der Waals surface area contributed by atoms with Gasteiger partial charge in [-0.2, -0.15) is 0 Å². The van der Waals surface area contributed by atoms with Crippen molar-refractivity contribution < 1.29 is 14.3 Å². The zero-order chi connectivity index (χ0) is 14.5. The van der Waals surface area contributed by atoms with Crippen LogP contribution in [0.25, 0.3) is 10.7 Å². The van der Waals surface area contributed by atoms with Gasteiger partial charge in [0.25, 0.3) is 5.91 Å². The molecule has 6 nitrogen and oxygen atoms in total. The molecule has 1 atom stereocenters. The molecule has 104 valence electrons. The summed E-state index contributed by atoms with van der Waals surface area (Å²) < 4.78 is 4.87. The fourth-order valence-corrected chi connectivity index (χ4v) is 2.24. The highest BCUT2D eigenvalue weighted by Crippen LogP contribution is 2.21. The number of amides is 1. The van der Waals surface area contributed by atoms with Crippen molar-refractivity contribution in [3.63, 3.8) is 0 Å². The topological polar surface area (TPSA) is 95.2 Å². The normalized spacial score (nSPS) is 11.8. The molecular formula is C13H13N3O3S. The van der Waals surface area contributed by atoms with Gasteiger partial charge in [0.1, 0.15) is 5.01 Å². The molecule has 2 N–H and O–H groups in total. The summed E-state index contributed by atoms with van der Waals surface area (Å²) in [5.41, 5.74) is 6.35. The Morgan fingerprint density at radius 1 is 1.45 bits per heavy atom. The van der Waals surface area contributed by atoms with Crippen molar-refractivity contribution in [3.05, 3.63) is 35.5 Å². The van der Waals surface area contributed by atoms with E-state index in [1.165, 1.54) is 18.3 Å². The molecule has 0 aliphatic carbocycles. The molecule has 0 saturated carbocycles. The van der Waals surface area contributed by atoms with Gasteiger partial charge in [-0.15, -0.1) is 11.3 Å². The van der Waals surface area contributed by atoms with Crippen LogP contribution in [-0.2, 0) is 20.7 Å². The first kappa shape index (κ1) is 14.1. The Labute approximate surface area is 119 Å². The first-order chi connectivity index (χ1) is 9.56. The summed E-state index contributed by atoms with van der Waals surface area (Å²) in [5, 5.41) is 2.50. The Kier molecular flexibility index (Phi) is 4.41. The molecule has 1 unspecified atom stereocenters. The van der Waals surface area contributed by atoms with Crippen molar-refractivity contribution in [1.29, 1.82) is 0 Å². The van der Waals surface area contributed by atoms with Crippen LogP contribution in [0, 0.1) is 0 Å². The lowest BCUT2D eigenvalue weighted by Crippen LogP contribution is -2.30. The van der Waals surface area contributed by atoms with E-state index < -0.39 is 18.0 Å². The summed E-state index contributed by atoms with van der Waals surface area (Å²) in [6.45, 7) is 1.43. The third-order valence-electron chi connectivity index (χ3n) is 2.47. The first-order valence-electron chi connectivity index (χ1n) is 5.91. The lowest BCUT2D eigenvalue weighted by Gasteiger charge is -2.08. The van der Waals surface area contributed by atoms with Crippen LogP contribution < -0.4 is 5.73 Å². The van der Waals surface area contributed by atoms with Gasteiger partial charge in [-0.25, -0.2) is 4.98 Å². The molecule has 2 rings (SSSR count).